The molecule has 0 saturated carbocycles. The van der Waals surface area contributed by atoms with Crippen molar-refractivity contribution in [1.82, 2.24) is 20.2 Å². The summed E-state index contributed by atoms with van der Waals surface area (Å²) < 4.78 is 13.6. The number of fused-ring (bicyclic) bond motifs is 1. The van der Waals surface area contributed by atoms with Crippen LogP contribution in [0.4, 0.5) is 21.6 Å². The van der Waals surface area contributed by atoms with Crippen LogP contribution in [0.2, 0.25) is 5.02 Å². The fraction of sp³-hybridized carbons (Fsp3) is 0.269. The summed E-state index contributed by atoms with van der Waals surface area (Å²) >= 11 is 5.92. The summed E-state index contributed by atoms with van der Waals surface area (Å²) in [4.78, 5) is 23.2. The lowest BCUT2D eigenvalue weighted by atomic mass is 10.0. The number of aromatic nitrogens is 2. The first-order chi connectivity index (χ1) is 16.8. The van der Waals surface area contributed by atoms with Crippen molar-refractivity contribution in [1.29, 1.82) is 0 Å². The van der Waals surface area contributed by atoms with Crippen molar-refractivity contribution in [3.8, 4) is 11.8 Å². The summed E-state index contributed by atoms with van der Waals surface area (Å²) in [5, 5.41) is 9.99. The average molecular weight is 493 g/mol. The predicted molar refractivity (Wildman–Crippen MR) is 138 cm³/mol. The maximum atomic E-state index is 13.6. The Morgan fingerprint density at radius 2 is 2.03 bits per heavy atom. The summed E-state index contributed by atoms with van der Waals surface area (Å²) in [5.74, 6) is 6.24. The highest BCUT2D eigenvalue weighted by Gasteiger charge is 2.25. The van der Waals surface area contributed by atoms with Crippen LogP contribution in [0.25, 0.3) is 10.9 Å². The second-order valence-corrected chi connectivity index (χ2v) is 9.04. The van der Waals surface area contributed by atoms with E-state index in [1.54, 1.807) is 12.1 Å². The van der Waals surface area contributed by atoms with Crippen molar-refractivity contribution >= 4 is 45.6 Å². The molecule has 3 N–H and O–H groups in total. The molecule has 9 heteroatoms. The molecule has 7 nitrogen and oxygen atoms in total. The lowest BCUT2D eigenvalue weighted by Gasteiger charge is -2.37. The van der Waals surface area contributed by atoms with Crippen LogP contribution in [0.15, 0.2) is 49.3 Å². The maximum Gasteiger partial charge on any atom is 0.247 e. The first-order valence-electron chi connectivity index (χ1n) is 11.2. The Hall–Kier alpha value is -3.51. The van der Waals surface area contributed by atoms with Gasteiger partial charge in [-0.25, -0.2) is 14.4 Å². The van der Waals surface area contributed by atoms with E-state index >= 15 is 0 Å². The van der Waals surface area contributed by atoms with Crippen LogP contribution >= 0.6 is 11.6 Å². The molecule has 3 aromatic rings. The molecule has 1 aromatic heterocycles. The molecule has 35 heavy (non-hydrogen) atoms. The molecular weight excluding hydrogens is 467 g/mol. The molecule has 1 aliphatic rings. The van der Waals surface area contributed by atoms with Crippen molar-refractivity contribution in [3.63, 3.8) is 0 Å². The molecule has 1 saturated heterocycles. The average Bonchev–Trinajstić information content (AvgIpc) is 2.86. The third kappa shape index (κ3) is 5.77. The molecule has 0 aliphatic carbocycles. The van der Waals surface area contributed by atoms with Crippen LogP contribution in [0, 0.1) is 17.7 Å². The van der Waals surface area contributed by atoms with Gasteiger partial charge in [0.05, 0.1) is 27.3 Å². The van der Waals surface area contributed by atoms with E-state index in [-0.39, 0.29) is 16.5 Å². The van der Waals surface area contributed by atoms with Crippen molar-refractivity contribution in [2.75, 3.05) is 36.8 Å². The summed E-state index contributed by atoms with van der Waals surface area (Å²) in [6, 6.07) is 7.90. The van der Waals surface area contributed by atoms with E-state index in [0.29, 0.717) is 33.7 Å². The Bertz CT molecular complexity index is 1340. The van der Waals surface area contributed by atoms with E-state index < -0.39 is 5.82 Å². The Morgan fingerprint density at radius 1 is 1.26 bits per heavy atom. The molecule has 1 amide bonds. The summed E-state index contributed by atoms with van der Waals surface area (Å²) in [7, 11) is 0. The number of nitrogens with one attached hydrogen (secondary N) is 3. The van der Waals surface area contributed by atoms with Gasteiger partial charge >= 0.3 is 0 Å². The number of anilines is 3. The standard InChI is InChI=1S/C26H26ClFN6O/c1-4-24(35)33-22-15-19-23(13-17(22)7-8-26(2,3)34-11-9-29-10-12-34)30-16-31-25(19)32-18-5-6-21(28)20(27)14-18/h4-6,13-16,29H,1,9-12H2,2-3H3,(H,33,35)(H,30,31,32). The third-order valence-corrected chi connectivity index (χ3v) is 6.10. The lowest BCUT2D eigenvalue weighted by molar-refractivity contribution is -0.111. The minimum atomic E-state index is -0.508. The van der Waals surface area contributed by atoms with Gasteiger partial charge in [-0.3, -0.25) is 9.69 Å². The number of hydrogen-bond donors (Lipinski definition) is 3. The molecule has 180 valence electrons. The molecule has 0 unspecified atom stereocenters. The van der Waals surface area contributed by atoms with Gasteiger partial charge in [-0.15, -0.1) is 0 Å². The monoisotopic (exact) mass is 492 g/mol. The van der Waals surface area contributed by atoms with Crippen LogP contribution in [0.1, 0.15) is 19.4 Å². The van der Waals surface area contributed by atoms with E-state index in [9.17, 15) is 9.18 Å². The molecular formula is C26H26ClFN6O. The van der Waals surface area contributed by atoms with E-state index in [1.807, 2.05) is 6.07 Å². The number of benzene rings is 2. The van der Waals surface area contributed by atoms with Gasteiger partial charge in [-0.1, -0.05) is 30.0 Å². The van der Waals surface area contributed by atoms with Gasteiger partial charge in [-0.05, 0) is 50.3 Å². The van der Waals surface area contributed by atoms with Crippen LogP contribution < -0.4 is 16.0 Å². The molecule has 0 radical (unpaired) electrons. The molecule has 0 spiro atoms. The summed E-state index contributed by atoms with van der Waals surface area (Å²) in [5.41, 5.74) is 1.99. The molecule has 1 aliphatic heterocycles. The normalized spacial score (nSPS) is 14.2. The number of nitrogens with zero attached hydrogens (tertiary/aromatic N) is 3. The Labute approximate surface area is 208 Å². The topological polar surface area (TPSA) is 82.2 Å². The Kier molecular flexibility index (Phi) is 7.31. The van der Waals surface area contributed by atoms with Crippen LogP contribution in [0.5, 0.6) is 0 Å². The summed E-state index contributed by atoms with van der Waals surface area (Å²) in [6.45, 7) is 11.4. The fourth-order valence-corrected chi connectivity index (χ4v) is 4.01. The van der Waals surface area contributed by atoms with Gasteiger partial charge in [-0.2, -0.15) is 0 Å². The number of carbonyl (C=O) groups excluding carboxylic acids is 1. The molecule has 2 heterocycles. The molecule has 1 fully saturated rings. The SMILES string of the molecule is C=CC(=O)Nc1cc2c(Nc3ccc(F)c(Cl)c3)ncnc2cc1C#CC(C)(C)N1CCNCC1. The van der Waals surface area contributed by atoms with E-state index in [4.69, 9.17) is 11.6 Å². The maximum absolute atomic E-state index is 13.6. The van der Waals surface area contributed by atoms with Crippen molar-refractivity contribution in [3.05, 3.63) is 65.7 Å². The highest BCUT2D eigenvalue weighted by atomic mass is 35.5. The molecule has 2 aromatic carbocycles. The van der Waals surface area contributed by atoms with Gasteiger partial charge < -0.3 is 16.0 Å². The second kappa shape index (κ2) is 10.4. The van der Waals surface area contributed by atoms with Crippen molar-refractivity contribution < 1.29 is 9.18 Å². The van der Waals surface area contributed by atoms with Crippen LogP contribution in [-0.2, 0) is 4.79 Å². The smallest absolute Gasteiger partial charge is 0.247 e. The largest absolute Gasteiger partial charge is 0.340 e. The first kappa shape index (κ1) is 24.6. The number of amides is 1. The highest BCUT2D eigenvalue weighted by molar-refractivity contribution is 6.31. The zero-order chi connectivity index (χ0) is 25.0. The quantitative estimate of drug-likeness (QED) is 0.363. The van der Waals surface area contributed by atoms with Gasteiger partial charge in [0, 0.05) is 37.3 Å². The van der Waals surface area contributed by atoms with Gasteiger partial charge in [0.15, 0.2) is 0 Å². The number of piperazine rings is 1. The molecule has 0 bridgehead atoms. The highest BCUT2D eigenvalue weighted by Crippen LogP contribution is 2.30. The van der Waals surface area contributed by atoms with Gasteiger partial charge in [0.1, 0.15) is 18.0 Å². The zero-order valence-electron chi connectivity index (χ0n) is 19.6. The van der Waals surface area contributed by atoms with E-state index in [0.717, 1.165) is 26.2 Å². The van der Waals surface area contributed by atoms with Crippen molar-refractivity contribution in [2.45, 2.75) is 19.4 Å². The molecule has 0 atom stereocenters. The van der Waals surface area contributed by atoms with Gasteiger partial charge in [0.25, 0.3) is 0 Å². The lowest BCUT2D eigenvalue weighted by Crippen LogP contribution is -2.52. The minimum absolute atomic E-state index is 0.00282. The third-order valence-electron chi connectivity index (χ3n) is 5.81. The minimum Gasteiger partial charge on any atom is -0.340 e. The number of carbonyl (C=O) groups is 1. The Balaban J connectivity index is 1.75. The van der Waals surface area contributed by atoms with Crippen molar-refractivity contribution in [2.24, 2.45) is 0 Å². The summed E-state index contributed by atoms with van der Waals surface area (Å²) in [6.07, 6.45) is 2.63. The first-order valence-corrected chi connectivity index (χ1v) is 11.6. The second-order valence-electron chi connectivity index (χ2n) is 8.63. The van der Waals surface area contributed by atoms with Crippen LogP contribution in [0.3, 0.4) is 0 Å². The van der Waals surface area contributed by atoms with E-state index in [1.165, 1.54) is 24.5 Å². The zero-order valence-corrected chi connectivity index (χ0v) is 20.3. The number of rotatable bonds is 5. The Morgan fingerprint density at radius 3 is 2.74 bits per heavy atom. The fourth-order valence-electron chi connectivity index (χ4n) is 3.83. The number of halogens is 2. The van der Waals surface area contributed by atoms with Gasteiger partial charge in [0.2, 0.25) is 5.91 Å². The predicted octanol–water partition coefficient (Wildman–Crippen LogP) is 4.33. The van der Waals surface area contributed by atoms with Crippen LogP contribution in [-0.4, -0.2) is 52.5 Å². The van der Waals surface area contributed by atoms with E-state index in [2.05, 4.69) is 63.1 Å². The molecule has 4 rings (SSSR count). The number of hydrogen-bond acceptors (Lipinski definition) is 6.